The summed E-state index contributed by atoms with van der Waals surface area (Å²) in [5.41, 5.74) is 1.16. The van der Waals surface area contributed by atoms with Gasteiger partial charge in [-0.3, -0.25) is 9.59 Å². The molecule has 138 valence electrons. The van der Waals surface area contributed by atoms with Crippen LogP contribution in [0.3, 0.4) is 0 Å². The molecule has 0 saturated carbocycles. The number of benzene rings is 2. The SMILES string of the molecule is C[C@@H](C(=O)Nc1cccc(Cl)c1)[NH+](C)CC(=O)Nc1ccc(Cl)c(Cl)c1. The second-order valence-electron chi connectivity index (χ2n) is 5.92. The van der Waals surface area contributed by atoms with Gasteiger partial charge < -0.3 is 15.5 Å². The maximum absolute atomic E-state index is 12.3. The van der Waals surface area contributed by atoms with Crippen molar-refractivity contribution >= 4 is 58.0 Å². The summed E-state index contributed by atoms with van der Waals surface area (Å²) in [6.45, 7) is 1.87. The number of carbonyl (C=O) groups is 2. The van der Waals surface area contributed by atoms with E-state index >= 15 is 0 Å². The summed E-state index contributed by atoms with van der Waals surface area (Å²) in [4.78, 5) is 25.3. The minimum atomic E-state index is -0.437. The zero-order valence-electron chi connectivity index (χ0n) is 14.3. The molecule has 2 rings (SSSR count). The summed E-state index contributed by atoms with van der Waals surface area (Å²) >= 11 is 17.7. The summed E-state index contributed by atoms with van der Waals surface area (Å²) in [7, 11) is 1.77. The molecule has 0 spiro atoms. The molecule has 0 aliphatic rings. The lowest BCUT2D eigenvalue weighted by molar-refractivity contribution is -0.885. The van der Waals surface area contributed by atoms with E-state index in [0.717, 1.165) is 4.90 Å². The average Bonchev–Trinajstić information content (AvgIpc) is 2.57. The molecule has 0 heterocycles. The zero-order valence-corrected chi connectivity index (χ0v) is 16.5. The Kier molecular flexibility index (Phi) is 7.29. The quantitative estimate of drug-likeness (QED) is 0.679. The molecule has 0 fully saturated rings. The van der Waals surface area contributed by atoms with E-state index < -0.39 is 6.04 Å². The number of hydrogen-bond acceptors (Lipinski definition) is 2. The normalized spacial score (nSPS) is 13.0. The Morgan fingerprint density at radius 1 is 1.00 bits per heavy atom. The van der Waals surface area contributed by atoms with Gasteiger partial charge in [0.2, 0.25) is 0 Å². The lowest BCUT2D eigenvalue weighted by Crippen LogP contribution is -3.14. The Morgan fingerprint density at radius 2 is 1.69 bits per heavy atom. The van der Waals surface area contributed by atoms with Crippen molar-refractivity contribution in [2.45, 2.75) is 13.0 Å². The van der Waals surface area contributed by atoms with E-state index in [9.17, 15) is 9.59 Å². The van der Waals surface area contributed by atoms with Gasteiger partial charge in [-0.05, 0) is 43.3 Å². The van der Waals surface area contributed by atoms with E-state index in [1.165, 1.54) is 0 Å². The highest BCUT2D eigenvalue weighted by molar-refractivity contribution is 6.42. The minimum absolute atomic E-state index is 0.115. The van der Waals surface area contributed by atoms with Crippen molar-refractivity contribution in [3.63, 3.8) is 0 Å². The number of carbonyl (C=O) groups excluding carboxylic acids is 2. The van der Waals surface area contributed by atoms with Crippen molar-refractivity contribution in [1.82, 2.24) is 0 Å². The fourth-order valence-corrected chi connectivity index (χ4v) is 2.71. The maximum Gasteiger partial charge on any atom is 0.282 e. The van der Waals surface area contributed by atoms with Gasteiger partial charge in [0, 0.05) is 16.4 Å². The lowest BCUT2D eigenvalue weighted by Gasteiger charge is -2.20. The molecule has 1 unspecified atom stereocenters. The van der Waals surface area contributed by atoms with E-state index in [0.29, 0.717) is 26.4 Å². The van der Waals surface area contributed by atoms with Crippen molar-refractivity contribution in [3.8, 4) is 0 Å². The van der Waals surface area contributed by atoms with Crippen LogP contribution in [-0.2, 0) is 9.59 Å². The molecule has 0 saturated heterocycles. The van der Waals surface area contributed by atoms with Gasteiger partial charge in [0.1, 0.15) is 0 Å². The van der Waals surface area contributed by atoms with Crippen LogP contribution in [0.15, 0.2) is 42.5 Å². The summed E-state index contributed by atoms with van der Waals surface area (Å²) in [6, 6.07) is 11.3. The lowest BCUT2D eigenvalue weighted by atomic mass is 10.2. The number of anilines is 2. The first-order valence-electron chi connectivity index (χ1n) is 7.90. The van der Waals surface area contributed by atoms with Gasteiger partial charge in [-0.2, -0.15) is 0 Å². The highest BCUT2D eigenvalue weighted by Gasteiger charge is 2.24. The van der Waals surface area contributed by atoms with Crippen molar-refractivity contribution in [2.75, 3.05) is 24.2 Å². The number of hydrogen-bond donors (Lipinski definition) is 3. The second kappa shape index (κ2) is 9.24. The van der Waals surface area contributed by atoms with Gasteiger partial charge in [-0.1, -0.05) is 40.9 Å². The van der Waals surface area contributed by atoms with Crippen molar-refractivity contribution in [2.24, 2.45) is 0 Å². The van der Waals surface area contributed by atoms with Gasteiger partial charge in [0.25, 0.3) is 11.8 Å². The molecule has 0 aliphatic heterocycles. The predicted octanol–water partition coefficient (Wildman–Crippen LogP) is 3.13. The van der Waals surface area contributed by atoms with Crippen LogP contribution in [0.4, 0.5) is 11.4 Å². The van der Waals surface area contributed by atoms with Crippen LogP contribution in [0.2, 0.25) is 15.1 Å². The highest BCUT2D eigenvalue weighted by Crippen LogP contribution is 2.24. The molecule has 0 aliphatic carbocycles. The third kappa shape index (κ3) is 5.88. The molecule has 26 heavy (non-hydrogen) atoms. The smallest absolute Gasteiger partial charge is 0.282 e. The van der Waals surface area contributed by atoms with Crippen molar-refractivity contribution in [3.05, 3.63) is 57.5 Å². The molecule has 8 heteroatoms. The Labute approximate surface area is 167 Å². The van der Waals surface area contributed by atoms with E-state index in [2.05, 4.69) is 10.6 Å². The molecule has 3 N–H and O–H groups in total. The summed E-state index contributed by atoms with van der Waals surface area (Å²) < 4.78 is 0. The molecule has 2 aromatic carbocycles. The van der Waals surface area contributed by atoms with Crippen LogP contribution >= 0.6 is 34.8 Å². The van der Waals surface area contributed by atoms with Crippen molar-refractivity contribution in [1.29, 1.82) is 0 Å². The number of halogens is 3. The topological polar surface area (TPSA) is 62.6 Å². The molecule has 2 amide bonds. The molecule has 0 radical (unpaired) electrons. The molecule has 0 aromatic heterocycles. The Hall–Kier alpha value is -1.79. The van der Waals surface area contributed by atoms with Gasteiger partial charge in [-0.25, -0.2) is 0 Å². The fourth-order valence-electron chi connectivity index (χ4n) is 2.23. The van der Waals surface area contributed by atoms with Gasteiger partial charge in [-0.15, -0.1) is 0 Å². The summed E-state index contributed by atoms with van der Waals surface area (Å²) in [5.74, 6) is -0.435. The number of amides is 2. The van der Waals surface area contributed by atoms with Crippen LogP contribution in [0.1, 0.15) is 6.92 Å². The molecular formula is C18H19Cl3N3O2+. The van der Waals surface area contributed by atoms with Crippen LogP contribution in [0.5, 0.6) is 0 Å². The Bertz CT molecular complexity index is 814. The third-order valence-electron chi connectivity index (χ3n) is 3.87. The second-order valence-corrected chi connectivity index (χ2v) is 7.17. The molecule has 2 atom stereocenters. The van der Waals surface area contributed by atoms with E-state index in [1.54, 1.807) is 56.4 Å². The summed E-state index contributed by atoms with van der Waals surface area (Å²) in [6.07, 6.45) is 0. The van der Waals surface area contributed by atoms with Gasteiger partial charge in [0.05, 0.1) is 17.1 Å². The first kappa shape index (κ1) is 20.5. The minimum Gasteiger partial charge on any atom is -0.321 e. The van der Waals surface area contributed by atoms with Gasteiger partial charge >= 0.3 is 0 Å². The number of nitrogens with one attached hydrogen (secondary N) is 3. The Morgan fingerprint density at radius 3 is 2.35 bits per heavy atom. The Balaban J connectivity index is 1.90. The first-order chi connectivity index (χ1) is 12.3. The first-order valence-corrected chi connectivity index (χ1v) is 9.03. The fraction of sp³-hybridized carbons (Fsp3) is 0.222. The van der Waals surface area contributed by atoms with Crippen LogP contribution in [0.25, 0.3) is 0 Å². The van der Waals surface area contributed by atoms with E-state index in [1.807, 2.05) is 0 Å². The monoisotopic (exact) mass is 414 g/mol. The largest absolute Gasteiger partial charge is 0.321 e. The molecular weight excluding hydrogens is 397 g/mol. The highest BCUT2D eigenvalue weighted by atomic mass is 35.5. The number of quaternary nitrogens is 1. The van der Waals surface area contributed by atoms with E-state index in [4.69, 9.17) is 34.8 Å². The summed E-state index contributed by atoms with van der Waals surface area (Å²) in [5, 5.41) is 6.85. The zero-order chi connectivity index (χ0) is 19.3. The predicted molar refractivity (Wildman–Crippen MR) is 106 cm³/mol. The van der Waals surface area contributed by atoms with Gasteiger partial charge in [0.15, 0.2) is 12.6 Å². The van der Waals surface area contributed by atoms with Crippen LogP contribution in [0, 0.1) is 0 Å². The molecule has 5 nitrogen and oxygen atoms in total. The van der Waals surface area contributed by atoms with Crippen LogP contribution < -0.4 is 15.5 Å². The average molecular weight is 416 g/mol. The van der Waals surface area contributed by atoms with Crippen molar-refractivity contribution < 1.29 is 14.5 Å². The molecule has 2 aromatic rings. The van der Waals surface area contributed by atoms with Crippen LogP contribution in [-0.4, -0.2) is 31.4 Å². The molecule has 0 bridgehead atoms. The maximum atomic E-state index is 12.3. The number of rotatable bonds is 6. The number of likely N-dealkylation sites (N-methyl/N-ethyl adjacent to an activating group) is 1. The standard InChI is InChI=1S/C18H18Cl3N3O2/c1-11(18(26)23-13-5-3-4-12(19)8-13)24(2)10-17(25)22-14-6-7-15(20)16(21)9-14/h3-9,11H,10H2,1-2H3,(H,22,25)(H,23,26)/p+1/t11-/m0/s1. The third-order valence-corrected chi connectivity index (χ3v) is 4.84. The van der Waals surface area contributed by atoms with E-state index in [-0.39, 0.29) is 18.4 Å².